The Kier molecular flexibility index (Phi) is 4.15. The fourth-order valence-corrected chi connectivity index (χ4v) is 2.26. The molecule has 0 spiro atoms. The molecule has 0 atom stereocenters. The summed E-state index contributed by atoms with van der Waals surface area (Å²) in [5.41, 5.74) is 1.32. The predicted molar refractivity (Wildman–Crippen MR) is 68.6 cm³/mol. The molecule has 3 nitrogen and oxygen atoms in total. The Bertz CT molecular complexity index is 356. The van der Waals surface area contributed by atoms with Gasteiger partial charge in [-0.3, -0.25) is 4.79 Å². The fraction of sp³-hybridized carbons (Fsp3) is 0.500. The Hall–Kier alpha value is -1.35. The van der Waals surface area contributed by atoms with Crippen LogP contribution in [0.5, 0.6) is 0 Å². The van der Waals surface area contributed by atoms with Crippen molar-refractivity contribution >= 4 is 5.91 Å². The Morgan fingerprint density at radius 3 is 2.53 bits per heavy atom. The lowest BCUT2D eigenvalue weighted by atomic mass is 10.0. The molecule has 1 aromatic carbocycles. The molecule has 1 heterocycles. The lowest BCUT2D eigenvalue weighted by Gasteiger charge is -2.31. The highest BCUT2D eigenvalue weighted by Crippen LogP contribution is 2.11. The van der Waals surface area contributed by atoms with Gasteiger partial charge in [0.1, 0.15) is 0 Å². The van der Waals surface area contributed by atoms with Crippen molar-refractivity contribution in [2.24, 2.45) is 0 Å². The van der Waals surface area contributed by atoms with Crippen LogP contribution in [0.3, 0.4) is 0 Å². The summed E-state index contributed by atoms with van der Waals surface area (Å²) in [5.74, 6) is 0.200. The molecule has 0 unspecified atom stereocenters. The van der Waals surface area contributed by atoms with Crippen LogP contribution in [0.1, 0.15) is 25.3 Å². The zero-order valence-corrected chi connectivity index (χ0v) is 10.4. The number of piperidine rings is 1. The van der Waals surface area contributed by atoms with E-state index in [1.165, 1.54) is 5.56 Å². The minimum absolute atomic E-state index is 0.200. The van der Waals surface area contributed by atoms with Crippen LogP contribution in [-0.2, 0) is 11.3 Å². The number of hydrogen-bond acceptors (Lipinski definition) is 2. The van der Waals surface area contributed by atoms with Crippen molar-refractivity contribution in [3.63, 3.8) is 0 Å². The number of likely N-dealkylation sites (tertiary alicyclic amines) is 1. The van der Waals surface area contributed by atoms with E-state index in [1.807, 2.05) is 11.0 Å². The topological polar surface area (TPSA) is 32.3 Å². The van der Waals surface area contributed by atoms with Crippen molar-refractivity contribution in [1.29, 1.82) is 0 Å². The molecule has 0 aromatic heterocycles. The van der Waals surface area contributed by atoms with Crippen LogP contribution in [0, 0.1) is 0 Å². The van der Waals surface area contributed by atoms with Crippen LogP contribution in [-0.4, -0.2) is 29.9 Å². The molecular formula is C14H20N2O. The first-order valence-corrected chi connectivity index (χ1v) is 6.28. The van der Waals surface area contributed by atoms with Gasteiger partial charge in [0.05, 0.1) is 0 Å². The van der Waals surface area contributed by atoms with Crippen LogP contribution in [0.25, 0.3) is 0 Å². The third kappa shape index (κ3) is 3.56. The molecule has 92 valence electrons. The maximum absolute atomic E-state index is 11.2. The molecule has 17 heavy (non-hydrogen) atoms. The van der Waals surface area contributed by atoms with Crippen molar-refractivity contribution in [2.45, 2.75) is 32.4 Å². The highest BCUT2D eigenvalue weighted by molar-refractivity contribution is 5.73. The minimum Gasteiger partial charge on any atom is -0.343 e. The van der Waals surface area contributed by atoms with Crippen LogP contribution < -0.4 is 5.32 Å². The first kappa shape index (κ1) is 12.1. The number of rotatable bonds is 3. The number of nitrogens with one attached hydrogen (secondary N) is 1. The lowest BCUT2D eigenvalue weighted by molar-refractivity contribution is -0.129. The zero-order chi connectivity index (χ0) is 12.1. The molecule has 1 aliphatic heterocycles. The van der Waals surface area contributed by atoms with E-state index >= 15 is 0 Å². The van der Waals surface area contributed by atoms with Crippen LogP contribution in [0.15, 0.2) is 30.3 Å². The minimum atomic E-state index is 0.200. The maximum atomic E-state index is 11.2. The molecule has 1 aromatic rings. The Morgan fingerprint density at radius 1 is 1.29 bits per heavy atom. The number of amides is 1. The van der Waals surface area contributed by atoms with Gasteiger partial charge in [0.25, 0.3) is 0 Å². The quantitative estimate of drug-likeness (QED) is 0.861. The maximum Gasteiger partial charge on any atom is 0.219 e. The van der Waals surface area contributed by atoms with E-state index in [0.717, 1.165) is 32.5 Å². The second kappa shape index (κ2) is 5.82. The van der Waals surface area contributed by atoms with Gasteiger partial charge < -0.3 is 10.2 Å². The van der Waals surface area contributed by atoms with Gasteiger partial charge in [-0.05, 0) is 18.4 Å². The average molecular weight is 232 g/mol. The Labute approximate surface area is 103 Å². The van der Waals surface area contributed by atoms with Gasteiger partial charge in [-0.15, -0.1) is 0 Å². The van der Waals surface area contributed by atoms with E-state index in [4.69, 9.17) is 0 Å². The van der Waals surface area contributed by atoms with Crippen LogP contribution >= 0.6 is 0 Å². The van der Waals surface area contributed by atoms with E-state index in [0.29, 0.717) is 6.04 Å². The predicted octanol–water partition coefficient (Wildman–Crippen LogP) is 1.79. The molecule has 1 amide bonds. The molecule has 1 aliphatic rings. The summed E-state index contributed by atoms with van der Waals surface area (Å²) >= 11 is 0. The highest BCUT2D eigenvalue weighted by Gasteiger charge is 2.19. The number of carbonyl (C=O) groups is 1. The molecule has 0 bridgehead atoms. The second-order valence-corrected chi connectivity index (χ2v) is 4.65. The van der Waals surface area contributed by atoms with E-state index in [9.17, 15) is 4.79 Å². The summed E-state index contributed by atoms with van der Waals surface area (Å²) < 4.78 is 0. The normalized spacial score (nSPS) is 17.1. The van der Waals surface area contributed by atoms with Gasteiger partial charge in [-0.1, -0.05) is 30.3 Å². The molecule has 1 N–H and O–H groups in total. The second-order valence-electron chi connectivity index (χ2n) is 4.65. The Morgan fingerprint density at radius 2 is 1.94 bits per heavy atom. The molecule has 2 rings (SSSR count). The summed E-state index contributed by atoms with van der Waals surface area (Å²) in [6, 6.07) is 11.0. The number of carbonyl (C=O) groups excluding carboxylic acids is 1. The van der Waals surface area contributed by atoms with E-state index in [-0.39, 0.29) is 5.91 Å². The van der Waals surface area contributed by atoms with Crippen molar-refractivity contribution in [3.8, 4) is 0 Å². The van der Waals surface area contributed by atoms with Gasteiger partial charge in [0.15, 0.2) is 0 Å². The molecule has 0 saturated carbocycles. The Balaban J connectivity index is 1.74. The largest absolute Gasteiger partial charge is 0.343 e. The summed E-state index contributed by atoms with van der Waals surface area (Å²) in [7, 11) is 0. The monoisotopic (exact) mass is 232 g/mol. The fourth-order valence-electron chi connectivity index (χ4n) is 2.26. The van der Waals surface area contributed by atoms with Crippen LogP contribution in [0.4, 0.5) is 0 Å². The van der Waals surface area contributed by atoms with Gasteiger partial charge >= 0.3 is 0 Å². The van der Waals surface area contributed by atoms with Crippen LogP contribution in [0.2, 0.25) is 0 Å². The van der Waals surface area contributed by atoms with E-state index < -0.39 is 0 Å². The van der Waals surface area contributed by atoms with Crippen molar-refractivity contribution in [1.82, 2.24) is 10.2 Å². The molecule has 1 saturated heterocycles. The van der Waals surface area contributed by atoms with Gasteiger partial charge in [0, 0.05) is 32.6 Å². The summed E-state index contributed by atoms with van der Waals surface area (Å²) in [6.45, 7) is 4.35. The van der Waals surface area contributed by atoms with Gasteiger partial charge in [-0.2, -0.15) is 0 Å². The van der Waals surface area contributed by atoms with Crippen molar-refractivity contribution in [3.05, 3.63) is 35.9 Å². The molecule has 0 radical (unpaired) electrons. The number of benzene rings is 1. The zero-order valence-electron chi connectivity index (χ0n) is 10.4. The molecular weight excluding hydrogens is 212 g/mol. The highest BCUT2D eigenvalue weighted by atomic mass is 16.2. The molecule has 3 heteroatoms. The van der Waals surface area contributed by atoms with E-state index in [1.54, 1.807) is 6.92 Å². The third-order valence-electron chi connectivity index (χ3n) is 3.38. The standard InChI is InChI=1S/C14H20N2O/c1-12(17)16-9-7-14(8-10-16)15-11-13-5-3-2-4-6-13/h2-6,14-15H,7-11H2,1H3. The smallest absolute Gasteiger partial charge is 0.219 e. The number of nitrogens with zero attached hydrogens (tertiary/aromatic N) is 1. The lowest BCUT2D eigenvalue weighted by Crippen LogP contribution is -2.43. The first-order chi connectivity index (χ1) is 8.25. The molecule has 1 fully saturated rings. The van der Waals surface area contributed by atoms with Gasteiger partial charge in [0.2, 0.25) is 5.91 Å². The number of hydrogen-bond donors (Lipinski definition) is 1. The van der Waals surface area contributed by atoms with Gasteiger partial charge in [-0.25, -0.2) is 0 Å². The SMILES string of the molecule is CC(=O)N1CCC(NCc2ccccc2)CC1. The summed E-state index contributed by atoms with van der Waals surface area (Å²) in [4.78, 5) is 13.1. The van der Waals surface area contributed by atoms with E-state index in [2.05, 4.69) is 29.6 Å². The summed E-state index contributed by atoms with van der Waals surface area (Å²) in [5, 5.41) is 3.56. The van der Waals surface area contributed by atoms with Crippen molar-refractivity contribution < 1.29 is 4.79 Å². The molecule has 0 aliphatic carbocycles. The average Bonchev–Trinajstić information content (AvgIpc) is 2.38. The summed E-state index contributed by atoms with van der Waals surface area (Å²) in [6.07, 6.45) is 2.12. The van der Waals surface area contributed by atoms with Crippen molar-refractivity contribution in [2.75, 3.05) is 13.1 Å². The first-order valence-electron chi connectivity index (χ1n) is 6.28. The third-order valence-corrected chi connectivity index (χ3v) is 3.38.